The highest BCUT2D eigenvalue weighted by atomic mass is 32.2. The first kappa shape index (κ1) is 16.6. The van der Waals surface area contributed by atoms with Crippen LogP contribution >= 0.6 is 0 Å². The number of nitrogens with one attached hydrogen (secondary N) is 1. The molecule has 0 aliphatic carbocycles. The fourth-order valence-electron chi connectivity index (χ4n) is 1.95. The summed E-state index contributed by atoms with van der Waals surface area (Å²) in [6.07, 6.45) is 2.70. The molecule has 0 atom stereocenters. The van der Waals surface area contributed by atoms with Gasteiger partial charge in [-0.25, -0.2) is 0 Å². The highest BCUT2D eigenvalue weighted by molar-refractivity contribution is 7.87. The summed E-state index contributed by atoms with van der Waals surface area (Å²) >= 11 is 0. The third-order valence-corrected chi connectivity index (χ3v) is 4.85. The highest BCUT2D eigenvalue weighted by Gasteiger charge is 2.17. The number of pyridine rings is 1. The second-order valence-electron chi connectivity index (χ2n) is 5.08. The Labute approximate surface area is 132 Å². The topological polar surface area (TPSA) is 62.3 Å². The highest BCUT2D eigenvalue weighted by Crippen LogP contribution is 2.07. The number of nitrogens with zero attached hydrogens (tertiary/aromatic N) is 2. The third kappa shape index (κ3) is 4.62. The molecule has 1 N–H and O–H groups in total. The minimum absolute atomic E-state index is 0.244. The molecule has 0 unspecified atom stereocenters. The molecule has 5 nitrogen and oxygen atoms in total. The van der Waals surface area contributed by atoms with Crippen LogP contribution in [0.2, 0.25) is 0 Å². The summed E-state index contributed by atoms with van der Waals surface area (Å²) in [4.78, 5) is 4.29. The van der Waals surface area contributed by atoms with Crippen molar-refractivity contribution >= 4 is 10.2 Å². The van der Waals surface area contributed by atoms with Crippen molar-refractivity contribution in [2.24, 2.45) is 0 Å². The van der Waals surface area contributed by atoms with Gasteiger partial charge in [0.15, 0.2) is 0 Å². The Morgan fingerprint density at radius 2 is 1.82 bits per heavy atom. The number of benzene rings is 1. The van der Waals surface area contributed by atoms with Crippen LogP contribution in [0.5, 0.6) is 0 Å². The molecule has 2 aromatic rings. The second kappa shape index (κ2) is 7.49. The maximum absolute atomic E-state index is 12.2. The van der Waals surface area contributed by atoms with Gasteiger partial charge in [-0.2, -0.15) is 17.4 Å². The standard InChI is InChI=1S/C16H21N3O2S/c1-3-14-9-10-16(17-11-14)13-19(2)22(20,21)18-12-15-7-5-4-6-8-15/h4-11,18H,3,12-13H2,1-2H3. The first-order valence-electron chi connectivity index (χ1n) is 7.20. The third-order valence-electron chi connectivity index (χ3n) is 3.39. The van der Waals surface area contributed by atoms with Gasteiger partial charge in [-0.3, -0.25) is 4.98 Å². The smallest absolute Gasteiger partial charge is 0.260 e. The molecule has 22 heavy (non-hydrogen) atoms. The number of aryl methyl sites for hydroxylation is 1. The van der Waals surface area contributed by atoms with Gasteiger partial charge in [0.25, 0.3) is 10.2 Å². The first-order valence-corrected chi connectivity index (χ1v) is 8.64. The quantitative estimate of drug-likeness (QED) is 0.850. The van der Waals surface area contributed by atoms with Crippen molar-refractivity contribution in [2.45, 2.75) is 26.4 Å². The zero-order valence-corrected chi connectivity index (χ0v) is 13.7. The molecule has 0 spiro atoms. The normalized spacial score (nSPS) is 11.8. The van der Waals surface area contributed by atoms with E-state index in [2.05, 4.69) is 16.6 Å². The lowest BCUT2D eigenvalue weighted by Crippen LogP contribution is -2.37. The van der Waals surface area contributed by atoms with Crippen molar-refractivity contribution in [1.82, 2.24) is 14.0 Å². The van der Waals surface area contributed by atoms with Crippen LogP contribution in [0.4, 0.5) is 0 Å². The van der Waals surface area contributed by atoms with Crippen LogP contribution in [0.15, 0.2) is 48.7 Å². The van der Waals surface area contributed by atoms with Gasteiger partial charge in [0.2, 0.25) is 0 Å². The summed E-state index contributed by atoms with van der Waals surface area (Å²) in [5.41, 5.74) is 2.78. The lowest BCUT2D eigenvalue weighted by atomic mass is 10.2. The maximum Gasteiger partial charge on any atom is 0.279 e. The van der Waals surface area contributed by atoms with Crippen molar-refractivity contribution in [3.8, 4) is 0 Å². The predicted molar refractivity (Wildman–Crippen MR) is 87.3 cm³/mol. The van der Waals surface area contributed by atoms with Gasteiger partial charge in [-0.15, -0.1) is 0 Å². The Bertz CT molecular complexity index is 685. The van der Waals surface area contributed by atoms with E-state index in [1.807, 2.05) is 42.5 Å². The molecule has 2 rings (SSSR count). The van der Waals surface area contributed by atoms with Gasteiger partial charge in [0.05, 0.1) is 12.2 Å². The Kier molecular flexibility index (Phi) is 5.65. The van der Waals surface area contributed by atoms with E-state index in [1.54, 1.807) is 13.2 Å². The lowest BCUT2D eigenvalue weighted by molar-refractivity contribution is 0.450. The van der Waals surface area contributed by atoms with E-state index < -0.39 is 10.2 Å². The summed E-state index contributed by atoms with van der Waals surface area (Å²) < 4.78 is 28.3. The van der Waals surface area contributed by atoms with Crippen molar-refractivity contribution in [3.63, 3.8) is 0 Å². The van der Waals surface area contributed by atoms with Gasteiger partial charge in [0, 0.05) is 19.8 Å². The first-order chi connectivity index (χ1) is 10.5. The number of aromatic nitrogens is 1. The van der Waals surface area contributed by atoms with Gasteiger partial charge >= 0.3 is 0 Å². The van der Waals surface area contributed by atoms with Crippen molar-refractivity contribution in [3.05, 3.63) is 65.5 Å². The Morgan fingerprint density at radius 1 is 1.09 bits per heavy atom. The largest absolute Gasteiger partial charge is 0.279 e. The van der Waals surface area contributed by atoms with Crippen molar-refractivity contribution < 1.29 is 8.42 Å². The molecule has 0 aliphatic rings. The zero-order chi connectivity index (χ0) is 16.0. The van der Waals surface area contributed by atoms with Crippen LogP contribution in [-0.4, -0.2) is 24.8 Å². The van der Waals surface area contributed by atoms with Crippen LogP contribution < -0.4 is 4.72 Å². The summed E-state index contributed by atoms with van der Waals surface area (Å²) in [6.45, 7) is 2.57. The van der Waals surface area contributed by atoms with Crippen molar-refractivity contribution in [1.29, 1.82) is 0 Å². The fourth-order valence-corrected chi connectivity index (χ4v) is 2.82. The summed E-state index contributed by atoms with van der Waals surface area (Å²) in [5, 5.41) is 0. The van der Waals surface area contributed by atoms with Gasteiger partial charge in [-0.1, -0.05) is 43.3 Å². The van der Waals surface area contributed by atoms with E-state index in [0.29, 0.717) is 0 Å². The molecule has 1 aromatic heterocycles. The second-order valence-corrected chi connectivity index (χ2v) is 6.94. The van der Waals surface area contributed by atoms with E-state index >= 15 is 0 Å². The molecule has 0 saturated heterocycles. The van der Waals surface area contributed by atoms with E-state index in [-0.39, 0.29) is 13.1 Å². The molecule has 6 heteroatoms. The minimum Gasteiger partial charge on any atom is -0.260 e. The average molecular weight is 319 g/mol. The summed E-state index contributed by atoms with van der Waals surface area (Å²) in [6, 6.07) is 13.3. The van der Waals surface area contributed by atoms with E-state index in [4.69, 9.17) is 0 Å². The lowest BCUT2D eigenvalue weighted by Gasteiger charge is -2.17. The number of hydrogen-bond acceptors (Lipinski definition) is 3. The number of rotatable bonds is 7. The monoisotopic (exact) mass is 319 g/mol. The van der Waals surface area contributed by atoms with Gasteiger partial charge in [-0.05, 0) is 23.6 Å². The molecule has 118 valence electrons. The molecule has 0 radical (unpaired) electrons. The molecule has 1 aromatic carbocycles. The van der Waals surface area contributed by atoms with Crippen LogP contribution in [0.1, 0.15) is 23.7 Å². The SMILES string of the molecule is CCc1ccc(CN(C)S(=O)(=O)NCc2ccccc2)nc1. The molecule has 0 bridgehead atoms. The molecule has 1 heterocycles. The van der Waals surface area contributed by atoms with Crippen LogP contribution in [0, 0.1) is 0 Å². The maximum atomic E-state index is 12.2. The van der Waals surface area contributed by atoms with E-state index in [0.717, 1.165) is 23.2 Å². The van der Waals surface area contributed by atoms with E-state index in [1.165, 1.54) is 4.31 Å². The predicted octanol–water partition coefficient (Wildman–Crippen LogP) is 2.11. The molecule has 0 aliphatic heterocycles. The molecular formula is C16H21N3O2S. The minimum atomic E-state index is -3.53. The Balaban J connectivity index is 1.96. The van der Waals surface area contributed by atoms with Gasteiger partial charge in [0.1, 0.15) is 0 Å². The van der Waals surface area contributed by atoms with E-state index in [9.17, 15) is 8.42 Å². The van der Waals surface area contributed by atoms with Crippen LogP contribution in [0.25, 0.3) is 0 Å². The Morgan fingerprint density at radius 3 is 2.41 bits per heavy atom. The molecule has 0 saturated carbocycles. The summed E-state index contributed by atoms with van der Waals surface area (Å²) in [5.74, 6) is 0. The van der Waals surface area contributed by atoms with Crippen LogP contribution in [0.3, 0.4) is 0 Å². The van der Waals surface area contributed by atoms with Gasteiger partial charge < -0.3 is 0 Å². The fraction of sp³-hybridized carbons (Fsp3) is 0.312. The zero-order valence-electron chi connectivity index (χ0n) is 12.9. The summed E-state index contributed by atoms with van der Waals surface area (Å²) in [7, 11) is -1.98. The molecule has 0 amide bonds. The van der Waals surface area contributed by atoms with Crippen LogP contribution in [-0.2, 0) is 29.7 Å². The molecule has 0 fully saturated rings. The number of hydrogen-bond donors (Lipinski definition) is 1. The average Bonchev–Trinajstić information content (AvgIpc) is 2.54. The Hall–Kier alpha value is -1.76. The molecular weight excluding hydrogens is 298 g/mol. The van der Waals surface area contributed by atoms with Crippen molar-refractivity contribution in [2.75, 3.05) is 7.05 Å².